The molecule has 0 spiro atoms. The molecule has 21 heavy (non-hydrogen) atoms. The van der Waals surface area contributed by atoms with Crippen molar-refractivity contribution in [2.45, 2.75) is 38.6 Å². The molecule has 0 aromatic carbocycles. The van der Waals surface area contributed by atoms with Crippen molar-refractivity contribution in [2.24, 2.45) is 0 Å². The first-order chi connectivity index (χ1) is 9.89. The predicted molar refractivity (Wildman–Crippen MR) is 87.6 cm³/mol. The second-order valence-corrected chi connectivity index (χ2v) is 8.13. The smallest absolute Gasteiger partial charge is 0.281 e. The van der Waals surface area contributed by atoms with E-state index >= 15 is 0 Å². The maximum Gasteiger partial charge on any atom is 0.281 e. The zero-order valence-electron chi connectivity index (χ0n) is 14.0. The number of rotatable bonds is 10. The Morgan fingerprint density at radius 2 is 1.95 bits per heavy atom. The first kappa shape index (κ1) is 18.8. The molecule has 0 amide bonds. The third kappa shape index (κ3) is 5.83. The van der Waals surface area contributed by atoms with E-state index in [9.17, 15) is 8.42 Å². The number of hydrogen-bond donors (Lipinski definition) is 1. The van der Waals surface area contributed by atoms with Crippen LogP contribution in [0, 0.1) is 0 Å². The molecule has 1 unspecified atom stereocenters. The Bertz CT molecular complexity index is 388. The van der Waals surface area contributed by atoms with Crippen molar-refractivity contribution in [1.29, 1.82) is 0 Å². The molecule has 0 saturated carbocycles. The van der Waals surface area contributed by atoms with Gasteiger partial charge in [-0.1, -0.05) is 6.92 Å². The minimum Gasteiger partial charge on any atom is -0.317 e. The van der Waals surface area contributed by atoms with E-state index in [1.54, 1.807) is 14.1 Å². The molecule has 1 saturated heterocycles. The molecular formula is C14H32N4O2S. The van der Waals surface area contributed by atoms with Crippen LogP contribution in [0.25, 0.3) is 0 Å². The number of nitrogens with one attached hydrogen (secondary N) is 1. The third-order valence-electron chi connectivity index (χ3n) is 4.18. The van der Waals surface area contributed by atoms with Crippen LogP contribution in [0.4, 0.5) is 0 Å². The van der Waals surface area contributed by atoms with Crippen LogP contribution in [0.3, 0.4) is 0 Å². The monoisotopic (exact) mass is 320 g/mol. The SMILES string of the molecule is CCCNCCCN(C)S(=O)(=O)N(C)CC1CCCN1C. The third-order valence-corrected chi connectivity index (χ3v) is 6.09. The van der Waals surface area contributed by atoms with Crippen LogP contribution in [-0.4, -0.2) is 81.8 Å². The molecule has 1 atom stereocenters. The summed E-state index contributed by atoms with van der Waals surface area (Å²) in [6.45, 7) is 6.18. The Morgan fingerprint density at radius 1 is 1.24 bits per heavy atom. The highest BCUT2D eigenvalue weighted by Crippen LogP contribution is 2.17. The molecule has 1 heterocycles. The van der Waals surface area contributed by atoms with Gasteiger partial charge in [0, 0.05) is 33.2 Å². The Hall–Kier alpha value is -0.210. The summed E-state index contributed by atoms with van der Waals surface area (Å²) in [6, 6.07) is 0.351. The summed E-state index contributed by atoms with van der Waals surface area (Å²) in [5, 5.41) is 3.29. The van der Waals surface area contributed by atoms with Gasteiger partial charge in [0.1, 0.15) is 0 Å². The lowest BCUT2D eigenvalue weighted by atomic mass is 10.2. The van der Waals surface area contributed by atoms with Crippen molar-refractivity contribution in [3.63, 3.8) is 0 Å². The van der Waals surface area contributed by atoms with Crippen LogP contribution < -0.4 is 5.32 Å². The van der Waals surface area contributed by atoms with Crippen molar-refractivity contribution in [3.8, 4) is 0 Å². The van der Waals surface area contributed by atoms with E-state index in [1.165, 1.54) is 8.61 Å². The van der Waals surface area contributed by atoms with Crippen LogP contribution in [-0.2, 0) is 10.2 Å². The molecule has 1 N–H and O–H groups in total. The summed E-state index contributed by atoms with van der Waals surface area (Å²) >= 11 is 0. The molecule has 6 nitrogen and oxygen atoms in total. The maximum absolute atomic E-state index is 12.5. The highest BCUT2D eigenvalue weighted by Gasteiger charge is 2.29. The van der Waals surface area contributed by atoms with Gasteiger partial charge in [0.25, 0.3) is 10.2 Å². The van der Waals surface area contributed by atoms with Crippen LogP contribution >= 0.6 is 0 Å². The van der Waals surface area contributed by atoms with Gasteiger partial charge in [0.05, 0.1) is 0 Å². The summed E-state index contributed by atoms with van der Waals surface area (Å²) in [7, 11) is 2.10. The Balaban J connectivity index is 2.39. The molecule has 0 radical (unpaired) electrons. The van der Waals surface area contributed by atoms with E-state index in [1.807, 2.05) is 0 Å². The summed E-state index contributed by atoms with van der Waals surface area (Å²) in [4.78, 5) is 2.25. The maximum atomic E-state index is 12.5. The van der Waals surface area contributed by atoms with E-state index in [0.717, 1.165) is 45.3 Å². The van der Waals surface area contributed by atoms with E-state index in [2.05, 4.69) is 24.2 Å². The number of likely N-dealkylation sites (N-methyl/N-ethyl adjacent to an activating group) is 2. The topological polar surface area (TPSA) is 55.9 Å². The lowest BCUT2D eigenvalue weighted by Crippen LogP contribution is -2.45. The molecule has 0 bridgehead atoms. The zero-order chi connectivity index (χ0) is 15.9. The van der Waals surface area contributed by atoms with Gasteiger partial charge in [-0.05, 0) is 52.4 Å². The standard InChI is InChI=1S/C14H32N4O2S/c1-5-9-15-10-7-12-17(3)21(19,20)18(4)13-14-8-6-11-16(14)2/h14-15H,5-13H2,1-4H3. The van der Waals surface area contributed by atoms with Gasteiger partial charge in [0.2, 0.25) is 0 Å². The fourth-order valence-electron chi connectivity index (χ4n) is 2.68. The van der Waals surface area contributed by atoms with Gasteiger partial charge in [-0.3, -0.25) is 0 Å². The average molecular weight is 321 g/mol. The molecule has 0 aliphatic carbocycles. The summed E-state index contributed by atoms with van der Waals surface area (Å²) in [5.74, 6) is 0. The lowest BCUT2D eigenvalue weighted by Gasteiger charge is -2.28. The van der Waals surface area contributed by atoms with E-state index in [4.69, 9.17) is 0 Å². The Morgan fingerprint density at radius 3 is 2.52 bits per heavy atom. The average Bonchev–Trinajstić information content (AvgIpc) is 2.83. The first-order valence-electron chi connectivity index (χ1n) is 7.98. The predicted octanol–water partition coefficient (Wildman–Crippen LogP) is 0.579. The van der Waals surface area contributed by atoms with Crippen LogP contribution in [0.15, 0.2) is 0 Å². The van der Waals surface area contributed by atoms with Gasteiger partial charge in [-0.15, -0.1) is 0 Å². The normalized spacial score (nSPS) is 20.8. The van der Waals surface area contributed by atoms with Crippen LogP contribution in [0.1, 0.15) is 32.6 Å². The van der Waals surface area contributed by atoms with Crippen molar-refractivity contribution >= 4 is 10.2 Å². The van der Waals surface area contributed by atoms with E-state index in [-0.39, 0.29) is 0 Å². The van der Waals surface area contributed by atoms with Gasteiger partial charge in [0.15, 0.2) is 0 Å². The number of likely N-dealkylation sites (tertiary alicyclic amines) is 1. The van der Waals surface area contributed by atoms with Gasteiger partial charge in [-0.2, -0.15) is 17.0 Å². The van der Waals surface area contributed by atoms with Crippen LogP contribution in [0.5, 0.6) is 0 Å². The number of nitrogens with zero attached hydrogens (tertiary/aromatic N) is 3. The molecule has 1 aliphatic heterocycles. The van der Waals surface area contributed by atoms with E-state index in [0.29, 0.717) is 19.1 Å². The minimum absolute atomic E-state index is 0.351. The molecule has 1 aliphatic rings. The summed E-state index contributed by atoms with van der Waals surface area (Å²) in [6.07, 6.45) is 4.19. The van der Waals surface area contributed by atoms with Gasteiger partial charge < -0.3 is 10.2 Å². The molecule has 0 aromatic heterocycles. The summed E-state index contributed by atoms with van der Waals surface area (Å²) < 4.78 is 27.9. The first-order valence-corrected chi connectivity index (χ1v) is 9.37. The molecule has 1 fully saturated rings. The molecule has 0 aromatic rings. The van der Waals surface area contributed by atoms with E-state index < -0.39 is 10.2 Å². The fourth-order valence-corrected chi connectivity index (χ4v) is 3.88. The number of hydrogen-bond acceptors (Lipinski definition) is 4. The second-order valence-electron chi connectivity index (χ2n) is 5.99. The van der Waals surface area contributed by atoms with Crippen molar-refractivity contribution in [2.75, 3.05) is 53.9 Å². The second kappa shape index (κ2) is 9.05. The molecule has 1 rings (SSSR count). The van der Waals surface area contributed by atoms with Crippen molar-refractivity contribution in [1.82, 2.24) is 18.8 Å². The van der Waals surface area contributed by atoms with Crippen molar-refractivity contribution < 1.29 is 8.42 Å². The highest BCUT2D eigenvalue weighted by atomic mass is 32.2. The van der Waals surface area contributed by atoms with Gasteiger partial charge in [-0.25, -0.2) is 0 Å². The van der Waals surface area contributed by atoms with Gasteiger partial charge >= 0.3 is 0 Å². The molecule has 7 heteroatoms. The summed E-state index contributed by atoms with van der Waals surface area (Å²) in [5.41, 5.74) is 0. The fraction of sp³-hybridized carbons (Fsp3) is 1.00. The molecular weight excluding hydrogens is 288 g/mol. The minimum atomic E-state index is -3.33. The van der Waals surface area contributed by atoms with Crippen LogP contribution in [0.2, 0.25) is 0 Å². The highest BCUT2D eigenvalue weighted by molar-refractivity contribution is 7.86. The lowest BCUT2D eigenvalue weighted by molar-refractivity contribution is 0.263. The Kier molecular flexibility index (Phi) is 8.12. The Labute approximate surface area is 130 Å². The van der Waals surface area contributed by atoms with Crippen molar-refractivity contribution in [3.05, 3.63) is 0 Å². The largest absolute Gasteiger partial charge is 0.317 e. The molecule has 126 valence electrons. The zero-order valence-corrected chi connectivity index (χ0v) is 14.8. The quantitative estimate of drug-likeness (QED) is 0.598.